The van der Waals surface area contributed by atoms with Crippen molar-refractivity contribution >= 4 is 9.84 Å². The van der Waals surface area contributed by atoms with Gasteiger partial charge in [0.25, 0.3) is 0 Å². The summed E-state index contributed by atoms with van der Waals surface area (Å²) in [5.74, 6) is -0.210. The Balaban J connectivity index is 2.00. The standard InChI is InChI=1S/C18H29NO3S/c1-18(2,3)15-7-9-17(10-8-15)23(21,22)14-16(20)13-19-11-5-4-6-12-19/h7-10,16,20H,4-6,11-14H2,1-3H3/t16-/m0/s1. The van der Waals surface area contributed by atoms with Gasteiger partial charge in [0.05, 0.1) is 16.8 Å². The molecule has 130 valence electrons. The van der Waals surface area contributed by atoms with Crippen LogP contribution in [-0.2, 0) is 15.3 Å². The van der Waals surface area contributed by atoms with Gasteiger partial charge in [-0.2, -0.15) is 0 Å². The van der Waals surface area contributed by atoms with Crippen molar-refractivity contribution in [3.8, 4) is 0 Å². The number of hydrogen-bond acceptors (Lipinski definition) is 4. The Morgan fingerprint density at radius 1 is 1.09 bits per heavy atom. The van der Waals surface area contributed by atoms with Crippen molar-refractivity contribution in [2.45, 2.75) is 56.4 Å². The van der Waals surface area contributed by atoms with Crippen LogP contribution in [0.5, 0.6) is 0 Å². The number of aliphatic hydroxyl groups excluding tert-OH is 1. The van der Waals surface area contributed by atoms with E-state index in [4.69, 9.17) is 0 Å². The van der Waals surface area contributed by atoms with E-state index in [0.717, 1.165) is 31.5 Å². The van der Waals surface area contributed by atoms with Gasteiger partial charge in [-0.15, -0.1) is 0 Å². The molecule has 1 aromatic rings. The molecule has 0 bridgehead atoms. The minimum absolute atomic E-state index is 0.00390. The second kappa shape index (κ2) is 7.32. The fourth-order valence-corrected chi connectivity index (χ4v) is 4.36. The first-order chi connectivity index (χ1) is 10.7. The van der Waals surface area contributed by atoms with Crippen molar-refractivity contribution < 1.29 is 13.5 Å². The van der Waals surface area contributed by atoms with Gasteiger partial charge in [-0.05, 0) is 49.0 Å². The van der Waals surface area contributed by atoms with Gasteiger partial charge in [-0.25, -0.2) is 8.42 Å². The first-order valence-electron chi connectivity index (χ1n) is 8.42. The minimum Gasteiger partial charge on any atom is -0.391 e. The number of sulfone groups is 1. The maximum atomic E-state index is 12.5. The van der Waals surface area contributed by atoms with Crippen molar-refractivity contribution in [2.75, 3.05) is 25.4 Å². The summed E-state index contributed by atoms with van der Waals surface area (Å²) in [5, 5.41) is 10.2. The van der Waals surface area contributed by atoms with Crippen LogP contribution in [-0.4, -0.2) is 49.9 Å². The van der Waals surface area contributed by atoms with Crippen LogP contribution in [0.25, 0.3) is 0 Å². The van der Waals surface area contributed by atoms with E-state index in [9.17, 15) is 13.5 Å². The van der Waals surface area contributed by atoms with Gasteiger partial charge >= 0.3 is 0 Å². The van der Waals surface area contributed by atoms with Crippen LogP contribution in [0.2, 0.25) is 0 Å². The maximum Gasteiger partial charge on any atom is 0.180 e. The van der Waals surface area contributed by atoms with E-state index >= 15 is 0 Å². The van der Waals surface area contributed by atoms with Crippen LogP contribution in [0, 0.1) is 0 Å². The molecule has 5 heteroatoms. The topological polar surface area (TPSA) is 57.6 Å². The van der Waals surface area contributed by atoms with Crippen LogP contribution >= 0.6 is 0 Å². The van der Waals surface area contributed by atoms with Gasteiger partial charge in [0.2, 0.25) is 0 Å². The summed E-state index contributed by atoms with van der Waals surface area (Å²) in [6.07, 6.45) is 2.66. The zero-order valence-corrected chi connectivity index (χ0v) is 15.3. The highest BCUT2D eigenvalue weighted by atomic mass is 32.2. The van der Waals surface area contributed by atoms with Crippen LogP contribution in [0.15, 0.2) is 29.2 Å². The molecular weight excluding hydrogens is 310 g/mol. The Hall–Kier alpha value is -0.910. The van der Waals surface area contributed by atoms with E-state index < -0.39 is 15.9 Å². The van der Waals surface area contributed by atoms with E-state index in [0.29, 0.717) is 11.4 Å². The van der Waals surface area contributed by atoms with Crippen molar-refractivity contribution in [3.05, 3.63) is 29.8 Å². The molecule has 1 aromatic carbocycles. The Morgan fingerprint density at radius 2 is 1.65 bits per heavy atom. The molecule has 0 saturated carbocycles. The lowest BCUT2D eigenvalue weighted by Gasteiger charge is -2.28. The third-order valence-corrected chi connectivity index (χ3v) is 6.22. The molecule has 0 spiro atoms. The second-order valence-electron chi connectivity index (χ2n) is 7.57. The molecule has 2 rings (SSSR count). The van der Waals surface area contributed by atoms with Gasteiger partial charge in [-0.1, -0.05) is 39.3 Å². The quantitative estimate of drug-likeness (QED) is 0.896. The molecule has 0 aliphatic carbocycles. The molecule has 23 heavy (non-hydrogen) atoms. The highest BCUT2D eigenvalue weighted by Gasteiger charge is 2.23. The molecule has 0 aromatic heterocycles. The fraction of sp³-hybridized carbons (Fsp3) is 0.667. The zero-order valence-electron chi connectivity index (χ0n) is 14.5. The molecule has 1 N–H and O–H groups in total. The summed E-state index contributed by atoms with van der Waals surface area (Å²) in [5.41, 5.74) is 1.10. The number of benzene rings is 1. The van der Waals surface area contributed by atoms with E-state index in [-0.39, 0.29) is 11.2 Å². The molecule has 1 atom stereocenters. The lowest BCUT2D eigenvalue weighted by Crippen LogP contribution is -2.39. The van der Waals surface area contributed by atoms with Gasteiger partial charge in [-0.3, -0.25) is 0 Å². The lowest BCUT2D eigenvalue weighted by molar-refractivity contribution is 0.116. The van der Waals surface area contributed by atoms with E-state index in [2.05, 4.69) is 25.7 Å². The largest absolute Gasteiger partial charge is 0.391 e. The number of likely N-dealkylation sites (tertiary alicyclic amines) is 1. The van der Waals surface area contributed by atoms with Crippen LogP contribution in [0.4, 0.5) is 0 Å². The Kier molecular flexibility index (Phi) is 5.87. The SMILES string of the molecule is CC(C)(C)c1ccc(S(=O)(=O)C[C@@H](O)CN2CCCCC2)cc1. The summed E-state index contributed by atoms with van der Waals surface area (Å²) in [4.78, 5) is 2.45. The third kappa shape index (κ3) is 5.30. The molecular formula is C18H29NO3S. The Morgan fingerprint density at radius 3 is 2.17 bits per heavy atom. The van der Waals surface area contributed by atoms with Gasteiger partial charge in [0, 0.05) is 6.54 Å². The Labute approximate surface area is 140 Å². The molecule has 0 unspecified atom stereocenters. The molecule has 0 amide bonds. The number of piperidine rings is 1. The summed E-state index contributed by atoms with van der Waals surface area (Å²) >= 11 is 0. The summed E-state index contributed by atoms with van der Waals surface area (Å²) in [6.45, 7) is 8.64. The van der Waals surface area contributed by atoms with E-state index in [1.54, 1.807) is 12.1 Å². The predicted molar refractivity (Wildman–Crippen MR) is 93.5 cm³/mol. The van der Waals surface area contributed by atoms with E-state index in [1.165, 1.54) is 6.42 Å². The Bertz CT molecular complexity index is 596. The van der Waals surface area contributed by atoms with Crippen molar-refractivity contribution in [1.82, 2.24) is 4.90 Å². The summed E-state index contributed by atoms with van der Waals surface area (Å²) < 4.78 is 24.9. The van der Waals surface area contributed by atoms with Crippen molar-refractivity contribution in [2.24, 2.45) is 0 Å². The number of nitrogens with zero attached hydrogens (tertiary/aromatic N) is 1. The molecule has 1 saturated heterocycles. The highest BCUT2D eigenvalue weighted by molar-refractivity contribution is 7.91. The van der Waals surface area contributed by atoms with E-state index in [1.807, 2.05) is 12.1 Å². The van der Waals surface area contributed by atoms with Crippen molar-refractivity contribution in [3.63, 3.8) is 0 Å². The first-order valence-corrected chi connectivity index (χ1v) is 10.1. The van der Waals surface area contributed by atoms with Crippen LogP contribution in [0.3, 0.4) is 0 Å². The molecule has 4 nitrogen and oxygen atoms in total. The van der Waals surface area contributed by atoms with Crippen LogP contribution in [0.1, 0.15) is 45.6 Å². The number of aliphatic hydroxyl groups is 1. The first kappa shape index (κ1) is 18.4. The minimum atomic E-state index is -3.45. The average molecular weight is 340 g/mol. The third-order valence-electron chi connectivity index (χ3n) is 4.41. The summed E-state index contributed by atoms with van der Waals surface area (Å²) in [6, 6.07) is 7.04. The molecule has 1 aliphatic heterocycles. The van der Waals surface area contributed by atoms with Gasteiger partial charge < -0.3 is 10.0 Å². The number of β-amino-alcohol motifs (C(OH)–C–C–N with tert-alkyl or cyclic N) is 1. The highest BCUT2D eigenvalue weighted by Crippen LogP contribution is 2.24. The number of hydrogen-bond donors (Lipinski definition) is 1. The zero-order chi connectivity index (χ0) is 17.1. The fourth-order valence-electron chi connectivity index (χ4n) is 3.00. The summed E-state index contributed by atoms with van der Waals surface area (Å²) in [7, 11) is -3.45. The van der Waals surface area contributed by atoms with Crippen LogP contribution < -0.4 is 0 Å². The van der Waals surface area contributed by atoms with Gasteiger partial charge in [0.15, 0.2) is 9.84 Å². The normalized spacial score (nSPS) is 18.8. The molecule has 0 radical (unpaired) electrons. The maximum absolute atomic E-state index is 12.5. The monoisotopic (exact) mass is 339 g/mol. The smallest absolute Gasteiger partial charge is 0.180 e. The average Bonchev–Trinajstić information content (AvgIpc) is 2.47. The van der Waals surface area contributed by atoms with Crippen molar-refractivity contribution in [1.29, 1.82) is 0 Å². The second-order valence-corrected chi connectivity index (χ2v) is 9.61. The molecule has 1 aliphatic rings. The number of rotatable bonds is 5. The molecule has 1 fully saturated rings. The van der Waals surface area contributed by atoms with Gasteiger partial charge in [0.1, 0.15) is 0 Å². The predicted octanol–water partition coefficient (Wildman–Crippen LogP) is 2.60. The molecule has 1 heterocycles. The lowest BCUT2D eigenvalue weighted by atomic mass is 9.87.